The summed E-state index contributed by atoms with van der Waals surface area (Å²) in [5.74, 6) is 0. The molecule has 0 aliphatic heterocycles. The van der Waals surface area contributed by atoms with Crippen molar-refractivity contribution >= 4 is 34.8 Å². The van der Waals surface area contributed by atoms with Gasteiger partial charge in [-0.05, 0) is 6.07 Å². The van der Waals surface area contributed by atoms with E-state index in [2.05, 4.69) is 11.2 Å². The van der Waals surface area contributed by atoms with Crippen molar-refractivity contribution in [2.75, 3.05) is 0 Å². The zero-order valence-corrected chi connectivity index (χ0v) is 7.08. The van der Waals surface area contributed by atoms with Crippen LogP contribution in [0.3, 0.4) is 0 Å². The van der Waals surface area contributed by atoms with Crippen LogP contribution in [0.25, 0.3) is 0 Å². The molecule has 0 saturated carbocycles. The number of hydrogen-bond acceptors (Lipinski definition) is 1. The van der Waals surface area contributed by atoms with E-state index in [9.17, 15) is 0 Å². The van der Waals surface area contributed by atoms with Gasteiger partial charge < -0.3 is 0 Å². The van der Waals surface area contributed by atoms with Crippen molar-refractivity contribution in [3.63, 3.8) is 0 Å². The van der Waals surface area contributed by atoms with E-state index in [0.29, 0.717) is 5.56 Å². The Bertz CT molecular complexity index is 204. The number of aromatic nitrogens is 1. The predicted molar refractivity (Wildman–Crippen MR) is 42.3 cm³/mol. The summed E-state index contributed by atoms with van der Waals surface area (Å²) in [5, 5.41) is 0. The molecule has 0 bridgehead atoms. The molecule has 0 unspecified atom stereocenters. The van der Waals surface area contributed by atoms with Gasteiger partial charge in [0.25, 0.3) is 0 Å². The first kappa shape index (κ1) is 8.12. The van der Waals surface area contributed by atoms with E-state index in [-0.39, 0.29) is 0 Å². The molecule has 1 nitrogen and oxygen atoms in total. The SMILES string of the molecule is ClC(Cl)(Cl)c1cc[c]nc1. The van der Waals surface area contributed by atoms with E-state index in [1.165, 1.54) is 6.20 Å². The predicted octanol–water partition coefficient (Wildman–Crippen LogP) is 2.71. The first-order chi connectivity index (χ1) is 4.61. The summed E-state index contributed by atoms with van der Waals surface area (Å²) in [6, 6.07) is 3.25. The number of hydrogen-bond donors (Lipinski definition) is 0. The Hall–Kier alpha value is 0.0200. The van der Waals surface area contributed by atoms with Gasteiger partial charge in [0.05, 0.1) is 6.20 Å². The number of rotatable bonds is 0. The maximum Gasteiger partial charge on any atom is 0.217 e. The molecular weight excluding hydrogens is 192 g/mol. The summed E-state index contributed by atoms with van der Waals surface area (Å²) < 4.78 is -1.37. The van der Waals surface area contributed by atoms with Crippen LogP contribution in [-0.4, -0.2) is 4.98 Å². The van der Waals surface area contributed by atoms with Gasteiger partial charge in [-0.3, -0.25) is 4.98 Å². The van der Waals surface area contributed by atoms with E-state index in [1.807, 2.05) is 0 Å². The molecule has 0 aliphatic rings. The van der Waals surface area contributed by atoms with E-state index < -0.39 is 3.79 Å². The van der Waals surface area contributed by atoms with Crippen LogP contribution >= 0.6 is 34.8 Å². The Kier molecular flexibility index (Phi) is 2.40. The number of alkyl halides is 3. The highest BCUT2D eigenvalue weighted by atomic mass is 35.6. The molecule has 0 amide bonds. The first-order valence-corrected chi connectivity index (χ1v) is 3.63. The highest BCUT2D eigenvalue weighted by molar-refractivity contribution is 6.66. The van der Waals surface area contributed by atoms with Gasteiger partial charge in [-0.15, -0.1) is 0 Å². The monoisotopic (exact) mass is 194 g/mol. The third-order valence-electron chi connectivity index (χ3n) is 0.943. The Morgan fingerprint density at radius 2 is 2.10 bits per heavy atom. The fourth-order valence-corrected chi connectivity index (χ4v) is 0.823. The molecule has 1 rings (SSSR count). The maximum atomic E-state index is 5.54. The van der Waals surface area contributed by atoms with Crippen molar-refractivity contribution < 1.29 is 0 Å². The van der Waals surface area contributed by atoms with Crippen molar-refractivity contribution in [2.45, 2.75) is 3.79 Å². The Labute approximate surface area is 73.9 Å². The lowest BCUT2D eigenvalue weighted by Gasteiger charge is -2.08. The second-order valence-electron chi connectivity index (χ2n) is 1.67. The minimum absolute atomic E-state index is 0.552. The van der Waals surface area contributed by atoms with E-state index >= 15 is 0 Å². The quantitative estimate of drug-likeness (QED) is 0.580. The fourth-order valence-electron chi connectivity index (χ4n) is 0.488. The van der Waals surface area contributed by atoms with Crippen LogP contribution in [0.1, 0.15) is 5.56 Å². The zero-order valence-electron chi connectivity index (χ0n) is 4.81. The highest BCUT2D eigenvalue weighted by Crippen LogP contribution is 2.37. The Morgan fingerprint density at radius 1 is 1.40 bits per heavy atom. The van der Waals surface area contributed by atoms with Crippen molar-refractivity contribution in [2.24, 2.45) is 0 Å². The standard InChI is InChI=1S/C6H3Cl3N/c7-6(8,9)5-2-1-3-10-4-5/h1-2,4H. The van der Waals surface area contributed by atoms with Crippen LogP contribution < -0.4 is 0 Å². The molecule has 4 heteroatoms. The molecule has 10 heavy (non-hydrogen) atoms. The first-order valence-electron chi connectivity index (χ1n) is 2.50. The van der Waals surface area contributed by atoms with Crippen LogP contribution in [0.15, 0.2) is 18.3 Å². The van der Waals surface area contributed by atoms with E-state index in [4.69, 9.17) is 34.8 Å². The lowest BCUT2D eigenvalue weighted by molar-refractivity contribution is 1.16. The largest absolute Gasteiger partial charge is 0.254 e. The summed E-state index contributed by atoms with van der Waals surface area (Å²) in [6.07, 6.45) is 4.04. The van der Waals surface area contributed by atoms with Crippen molar-refractivity contribution in [3.05, 3.63) is 30.1 Å². The molecule has 1 radical (unpaired) electrons. The van der Waals surface area contributed by atoms with Crippen LogP contribution in [0.2, 0.25) is 0 Å². The molecule has 1 aromatic heterocycles. The van der Waals surface area contributed by atoms with Crippen LogP contribution in [-0.2, 0) is 3.79 Å². The molecule has 0 N–H and O–H groups in total. The van der Waals surface area contributed by atoms with Crippen LogP contribution in [0.4, 0.5) is 0 Å². The summed E-state index contributed by atoms with van der Waals surface area (Å²) in [6.45, 7) is 0. The zero-order chi connectivity index (χ0) is 7.61. The second-order valence-corrected chi connectivity index (χ2v) is 3.95. The van der Waals surface area contributed by atoms with Gasteiger partial charge in [-0.25, -0.2) is 0 Å². The normalized spacial score (nSPS) is 11.5. The molecule has 0 spiro atoms. The van der Waals surface area contributed by atoms with Gasteiger partial charge in [0.2, 0.25) is 3.79 Å². The Balaban J connectivity index is 2.97. The average molecular weight is 195 g/mol. The molecule has 1 aromatic rings. The van der Waals surface area contributed by atoms with Crippen LogP contribution in [0.5, 0.6) is 0 Å². The van der Waals surface area contributed by atoms with Crippen molar-refractivity contribution in [1.82, 2.24) is 4.98 Å². The summed E-state index contributed by atoms with van der Waals surface area (Å²) in [7, 11) is 0. The van der Waals surface area contributed by atoms with Gasteiger partial charge in [0.1, 0.15) is 0 Å². The average Bonchev–Trinajstić information content (AvgIpc) is 1.88. The number of halogens is 3. The molecule has 1 heterocycles. The highest BCUT2D eigenvalue weighted by Gasteiger charge is 2.22. The molecule has 0 fully saturated rings. The lowest BCUT2D eigenvalue weighted by Crippen LogP contribution is -1.99. The van der Waals surface area contributed by atoms with Crippen molar-refractivity contribution in [1.29, 1.82) is 0 Å². The summed E-state index contributed by atoms with van der Waals surface area (Å²) in [5.41, 5.74) is 0.552. The topological polar surface area (TPSA) is 12.9 Å². The third-order valence-corrected chi connectivity index (χ3v) is 1.60. The molecular formula is C6H3Cl3N. The second kappa shape index (κ2) is 2.95. The van der Waals surface area contributed by atoms with Gasteiger partial charge in [0.15, 0.2) is 0 Å². The van der Waals surface area contributed by atoms with E-state index in [0.717, 1.165) is 0 Å². The molecule has 0 aliphatic carbocycles. The molecule has 0 saturated heterocycles. The summed E-state index contributed by atoms with van der Waals surface area (Å²) >= 11 is 16.6. The van der Waals surface area contributed by atoms with Gasteiger partial charge >= 0.3 is 0 Å². The van der Waals surface area contributed by atoms with E-state index in [1.54, 1.807) is 12.1 Å². The van der Waals surface area contributed by atoms with Crippen molar-refractivity contribution in [3.8, 4) is 0 Å². The molecule has 0 aromatic carbocycles. The van der Waals surface area contributed by atoms with Gasteiger partial charge in [0, 0.05) is 11.8 Å². The van der Waals surface area contributed by atoms with Gasteiger partial charge in [-0.2, -0.15) is 0 Å². The smallest absolute Gasteiger partial charge is 0.217 e. The minimum atomic E-state index is -1.37. The third kappa shape index (κ3) is 2.01. The molecule has 0 atom stereocenters. The molecule has 53 valence electrons. The lowest BCUT2D eigenvalue weighted by atomic mass is 10.3. The van der Waals surface area contributed by atoms with Crippen LogP contribution in [0, 0.1) is 6.20 Å². The number of nitrogens with zero attached hydrogens (tertiary/aromatic N) is 1. The fraction of sp³-hybridized carbons (Fsp3) is 0.167. The summed E-state index contributed by atoms with van der Waals surface area (Å²) in [4.78, 5) is 3.67. The Morgan fingerprint density at radius 3 is 2.40 bits per heavy atom. The number of pyridine rings is 1. The minimum Gasteiger partial charge on any atom is -0.254 e. The van der Waals surface area contributed by atoms with Gasteiger partial charge in [-0.1, -0.05) is 40.9 Å². The maximum absolute atomic E-state index is 5.54.